The molecule has 0 radical (unpaired) electrons. The van der Waals surface area contributed by atoms with Crippen LogP contribution in [-0.4, -0.2) is 42.5 Å². The maximum absolute atomic E-state index is 12.7. The van der Waals surface area contributed by atoms with Crippen LogP contribution in [0.15, 0.2) is 48.5 Å². The van der Waals surface area contributed by atoms with E-state index in [1.54, 1.807) is 7.11 Å². The lowest BCUT2D eigenvalue weighted by atomic mass is 9.78. The molecule has 1 fully saturated rings. The first kappa shape index (κ1) is 20.4. The van der Waals surface area contributed by atoms with E-state index in [1.165, 1.54) is 11.1 Å². The Bertz CT molecular complexity index is 887. The molecule has 158 valence electrons. The number of methoxy groups -OCH3 is 1. The molecule has 2 aliphatic rings. The fraction of sp³-hybridized carbons (Fsp3) is 0.417. The van der Waals surface area contributed by atoms with E-state index in [0.717, 1.165) is 11.1 Å². The molecule has 6 heteroatoms. The lowest BCUT2D eigenvalue weighted by Crippen LogP contribution is -2.53. The van der Waals surface area contributed by atoms with Crippen LogP contribution < -0.4 is 5.32 Å². The molecule has 2 aromatic carbocycles. The van der Waals surface area contributed by atoms with E-state index in [-0.39, 0.29) is 25.0 Å². The van der Waals surface area contributed by atoms with Crippen molar-refractivity contribution in [1.29, 1.82) is 0 Å². The van der Waals surface area contributed by atoms with Crippen molar-refractivity contribution in [3.8, 4) is 11.1 Å². The van der Waals surface area contributed by atoms with Crippen LogP contribution in [0.25, 0.3) is 11.1 Å². The molecule has 0 aliphatic heterocycles. The number of carboxylic acids is 1. The fourth-order valence-corrected chi connectivity index (χ4v) is 4.87. The van der Waals surface area contributed by atoms with Gasteiger partial charge in [0.25, 0.3) is 0 Å². The third-order valence-corrected chi connectivity index (χ3v) is 6.42. The number of aliphatic carboxylic acids is 1. The molecule has 0 atom stereocenters. The number of amides is 1. The smallest absolute Gasteiger partial charge is 0.407 e. The average molecular weight is 409 g/mol. The number of hydrogen-bond donors (Lipinski definition) is 2. The van der Waals surface area contributed by atoms with Crippen molar-refractivity contribution in [3.63, 3.8) is 0 Å². The van der Waals surface area contributed by atoms with Crippen LogP contribution in [0.1, 0.15) is 49.1 Å². The second kappa shape index (κ2) is 8.48. The number of carbonyl (C=O) groups is 2. The molecule has 0 bridgehead atoms. The second-order valence-corrected chi connectivity index (χ2v) is 8.24. The van der Waals surface area contributed by atoms with Gasteiger partial charge in [-0.05, 0) is 47.9 Å². The highest BCUT2D eigenvalue weighted by Crippen LogP contribution is 2.44. The van der Waals surface area contributed by atoms with E-state index >= 15 is 0 Å². The van der Waals surface area contributed by atoms with Crippen molar-refractivity contribution in [3.05, 3.63) is 59.7 Å². The van der Waals surface area contributed by atoms with Gasteiger partial charge in [-0.2, -0.15) is 0 Å². The monoisotopic (exact) mass is 409 g/mol. The molecule has 0 unspecified atom stereocenters. The van der Waals surface area contributed by atoms with Crippen LogP contribution in [0.3, 0.4) is 0 Å². The first-order chi connectivity index (χ1) is 14.5. The minimum absolute atomic E-state index is 0.0252. The summed E-state index contributed by atoms with van der Waals surface area (Å²) in [5.74, 6) is -0.951. The van der Waals surface area contributed by atoms with Gasteiger partial charge < -0.3 is 19.9 Å². The minimum Gasteiger partial charge on any atom is -0.481 e. The van der Waals surface area contributed by atoms with E-state index < -0.39 is 17.6 Å². The highest BCUT2D eigenvalue weighted by atomic mass is 16.5. The van der Waals surface area contributed by atoms with Gasteiger partial charge in [-0.15, -0.1) is 0 Å². The van der Waals surface area contributed by atoms with Crippen molar-refractivity contribution in [2.75, 3.05) is 13.7 Å². The molecule has 1 amide bonds. The van der Waals surface area contributed by atoms with Gasteiger partial charge in [-0.1, -0.05) is 48.5 Å². The molecule has 0 saturated heterocycles. The molecule has 2 aromatic rings. The standard InChI is InChI=1S/C24H27NO5/c1-29-16-10-12-24(13-11-16,14-22(26)27)25-23(28)30-15-21-19-8-4-2-6-17(19)18-7-3-5-9-20(18)21/h2-9,16,21H,10-15H2,1H3,(H,25,28)(H,26,27). The summed E-state index contributed by atoms with van der Waals surface area (Å²) in [4.78, 5) is 24.1. The lowest BCUT2D eigenvalue weighted by Gasteiger charge is -2.39. The molecular formula is C24H27NO5. The summed E-state index contributed by atoms with van der Waals surface area (Å²) in [5.41, 5.74) is 3.84. The Balaban J connectivity index is 1.45. The van der Waals surface area contributed by atoms with E-state index in [2.05, 4.69) is 29.6 Å². The van der Waals surface area contributed by atoms with E-state index in [0.29, 0.717) is 25.7 Å². The Labute approximate surface area is 176 Å². The largest absolute Gasteiger partial charge is 0.481 e. The van der Waals surface area contributed by atoms with Crippen LogP contribution in [0, 0.1) is 0 Å². The fourth-order valence-electron chi connectivity index (χ4n) is 4.87. The van der Waals surface area contributed by atoms with Crippen molar-refractivity contribution in [2.45, 2.75) is 49.7 Å². The molecule has 0 spiro atoms. The van der Waals surface area contributed by atoms with Crippen LogP contribution in [-0.2, 0) is 14.3 Å². The highest BCUT2D eigenvalue weighted by molar-refractivity contribution is 5.79. The zero-order valence-electron chi connectivity index (χ0n) is 17.1. The number of alkyl carbamates (subject to hydrolysis) is 1. The van der Waals surface area contributed by atoms with Gasteiger partial charge in [0, 0.05) is 13.0 Å². The number of hydrogen-bond acceptors (Lipinski definition) is 4. The van der Waals surface area contributed by atoms with Crippen LogP contribution >= 0.6 is 0 Å². The molecule has 4 rings (SSSR count). The Kier molecular flexibility index (Phi) is 5.77. The van der Waals surface area contributed by atoms with Gasteiger partial charge in [-0.25, -0.2) is 4.79 Å². The van der Waals surface area contributed by atoms with Crippen molar-refractivity contribution in [1.82, 2.24) is 5.32 Å². The summed E-state index contributed by atoms with van der Waals surface area (Å²) in [5, 5.41) is 12.2. The van der Waals surface area contributed by atoms with Gasteiger partial charge >= 0.3 is 12.1 Å². The van der Waals surface area contributed by atoms with E-state index in [1.807, 2.05) is 24.3 Å². The Morgan fingerprint density at radius 1 is 1.03 bits per heavy atom. The summed E-state index contributed by atoms with van der Waals surface area (Å²) in [6.07, 6.45) is 1.98. The predicted octanol–water partition coefficient (Wildman–Crippen LogP) is 4.33. The van der Waals surface area contributed by atoms with Crippen LogP contribution in [0.2, 0.25) is 0 Å². The van der Waals surface area contributed by atoms with E-state index in [4.69, 9.17) is 9.47 Å². The second-order valence-electron chi connectivity index (χ2n) is 8.24. The van der Waals surface area contributed by atoms with Gasteiger partial charge in [-0.3, -0.25) is 4.79 Å². The Hall–Kier alpha value is -2.86. The molecular weight excluding hydrogens is 382 g/mol. The first-order valence-electron chi connectivity index (χ1n) is 10.4. The molecule has 1 saturated carbocycles. The predicted molar refractivity (Wildman–Crippen MR) is 112 cm³/mol. The molecule has 6 nitrogen and oxygen atoms in total. The normalized spacial score (nSPS) is 22.8. The summed E-state index contributed by atoms with van der Waals surface area (Å²) >= 11 is 0. The average Bonchev–Trinajstić information content (AvgIpc) is 3.06. The maximum atomic E-state index is 12.7. The molecule has 30 heavy (non-hydrogen) atoms. The summed E-state index contributed by atoms with van der Waals surface area (Å²) in [7, 11) is 1.66. The van der Waals surface area contributed by atoms with Crippen molar-refractivity contribution >= 4 is 12.1 Å². The number of nitrogens with one attached hydrogen (secondary N) is 1. The molecule has 0 aromatic heterocycles. The van der Waals surface area contributed by atoms with Crippen molar-refractivity contribution < 1.29 is 24.2 Å². The zero-order chi connectivity index (χ0) is 21.1. The van der Waals surface area contributed by atoms with Crippen LogP contribution in [0.5, 0.6) is 0 Å². The zero-order valence-corrected chi connectivity index (χ0v) is 17.1. The summed E-state index contributed by atoms with van der Waals surface area (Å²) in [6, 6.07) is 16.3. The number of rotatable bonds is 6. The maximum Gasteiger partial charge on any atom is 0.407 e. The van der Waals surface area contributed by atoms with Gasteiger partial charge in [0.2, 0.25) is 0 Å². The third-order valence-electron chi connectivity index (χ3n) is 6.42. The van der Waals surface area contributed by atoms with Gasteiger partial charge in [0.05, 0.1) is 18.1 Å². The quantitative estimate of drug-likeness (QED) is 0.742. The minimum atomic E-state index is -0.926. The SMILES string of the molecule is COC1CCC(CC(=O)O)(NC(=O)OCC2c3ccccc3-c3ccccc32)CC1. The number of benzene rings is 2. The number of carbonyl (C=O) groups excluding carboxylic acids is 1. The third kappa shape index (κ3) is 4.05. The van der Waals surface area contributed by atoms with E-state index in [9.17, 15) is 14.7 Å². The summed E-state index contributed by atoms with van der Waals surface area (Å²) < 4.78 is 11.0. The Morgan fingerprint density at radius 2 is 1.60 bits per heavy atom. The number of ether oxygens (including phenoxy) is 2. The summed E-state index contributed by atoms with van der Waals surface area (Å²) in [6.45, 7) is 0.212. The number of carboxylic acid groups (broad SMARTS) is 1. The topological polar surface area (TPSA) is 84.9 Å². The Morgan fingerprint density at radius 3 is 2.13 bits per heavy atom. The van der Waals surface area contributed by atoms with Crippen molar-refractivity contribution in [2.24, 2.45) is 0 Å². The molecule has 2 N–H and O–H groups in total. The van der Waals surface area contributed by atoms with Crippen LogP contribution in [0.4, 0.5) is 4.79 Å². The first-order valence-corrected chi connectivity index (χ1v) is 10.4. The molecule has 0 heterocycles. The lowest BCUT2D eigenvalue weighted by molar-refractivity contribution is -0.139. The highest BCUT2D eigenvalue weighted by Gasteiger charge is 2.39. The number of fused-ring (bicyclic) bond motifs is 3. The van der Waals surface area contributed by atoms with Gasteiger partial charge in [0.15, 0.2) is 0 Å². The molecule has 2 aliphatic carbocycles. The van der Waals surface area contributed by atoms with Gasteiger partial charge in [0.1, 0.15) is 6.61 Å².